The molecule has 3 amide bonds. The number of nitrogens with zero attached hydrogens (tertiary/aromatic N) is 1. The van der Waals surface area contributed by atoms with E-state index in [1.165, 1.54) is 4.90 Å². The molecule has 1 aliphatic heterocycles. The van der Waals surface area contributed by atoms with Crippen molar-refractivity contribution < 1.29 is 24.3 Å². The van der Waals surface area contributed by atoms with Gasteiger partial charge in [0.2, 0.25) is 17.7 Å². The minimum absolute atomic E-state index is 0.248. The number of nitrogens with one attached hydrogen (secondary N) is 2. The Morgan fingerprint density at radius 2 is 1.89 bits per heavy atom. The highest BCUT2D eigenvalue weighted by molar-refractivity contribution is 7.98. The summed E-state index contributed by atoms with van der Waals surface area (Å²) in [6.07, 6.45) is 4.33. The van der Waals surface area contributed by atoms with E-state index in [1.54, 1.807) is 18.7 Å². The number of hydrogen-bond donors (Lipinski definition) is 4. The molecule has 2 rings (SSSR count). The summed E-state index contributed by atoms with van der Waals surface area (Å²) in [7, 11) is 0. The number of carboxylic acid groups (broad SMARTS) is 1. The number of thioether (sulfide) groups is 1. The van der Waals surface area contributed by atoms with Crippen LogP contribution in [0.15, 0.2) is 30.3 Å². The quantitative estimate of drug-likeness (QED) is 0.317. The zero-order valence-electron chi connectivity index (χ0n) is 20.7. The minimum atomic E-state index is -1.10. The predicted octanol–water partition coefficient (Wildman–Crippen LogP) is 1.40. The number of aliphatic carboxylic acids is 1. The van der Waals surface area contributed by atoms with E-state index in [1.807, 2.05) is 43.5 Å². The Labute approximate surface area is 211 Å². The van der Waals surface area contributed by atoms with E-state index in [0.717, 1.165) is 5.56 Å². The molecule has 5 unspecified atom stereocenters. The Bertz CT molecular complexity index is 869. The molecule has 1 saturated heterocycles. The van der Waals surface area contributed by atoms with E-state index in [9.17, 15) is 24.3 Å². The van der Waals surface area contributed by atoms with E-state index in [4.69, 9.17) is 5.73 Å². The lowest BCUT2D eigenvalue weighted by molar-refractivity contribution is -0.146. The highest BCUT2D eigenvalue weighted by atomic mass is 32.2. The van der Waals surface area contributed by atoms with Gasteiger partial charge >= 0.3 is 5.97 Å². The Hall–Kier alpha value is -2.59. The molecule has 10 heteroatoms. The van der Waals surface area contributed by atoms with Gasteiger partial charge in [-0.1, -0.05) is 50.6 Å². The predicted molar refractivity (Wildman–Crippen MR) is 137 cm³/mol. The average Bonchev–Trinajstić information content (AvgIpc) is 3.34. The standard InChI is InChI=1S/C25H38N4O5S/c1-4-16(2)21(25(33)34)28-23(31)20-11-8-13-29(20)24(32)19(12-14-35-3)27-22(30)18(26)15-17-9-6-5-7-10-17/h5-7,9-10,16,18-21H,4,8,11-15,26H2,1-3H3,(H,27,30)(H,28,31)(H,33,34). The number of carboxylic acids is 1. The molecule has 0 aliphatic carbocycles. The first kappa shape index (κ1) is 28.6. The molecule has 1 aromatic rings. The van der Waals surface area contributed by atoms with Crippen molar-refractivity contribution in [3.63, 3.8) is 0 Å². The summed E-state index contributed by atoms with van der Waals surface area (Å²) in [6, 6.07) is 6.01. The first-order valence-electron chi connectivity index (χ1n) is 12.1. The molecule has 0 radical (unpaired) electrons. The number of amides is 3. The summed E-state index contributed by atoms with van der Waals surface area (Å²) in [5.41, 5.74) is 7.04. The third-order valence-corrected chi connectivity index (χ3v) is 7.12. The van der Waals surface area contributed by atoms with Crippen molar-refractivity contribution in [1.29, 1.82) is 0 Å². The van der Waals surface area contributed by atoms with Crippen LogP contribution in [0.25, 0.3) is 0 Å². The fourth-order valence-corrected chi connectivity index (χ4v) is 4.64. The van der Waals surface area contributed by atoms with Crippen molar-refractivity contribution >= 4 is 35.5 Å². The summed E-state index contributed by atoms with van der Waals surface area (Å²) in [5, 5.41) is 14.9. The van der Waals surface area contributed by atoms with Gasteiger partial charge < -0.3 is 26.4 Å². The van der Waals surface area contributed by atoms with Crippen LogP contribution in [-0.4, -0.2) is 76.4 Å². The largest absolute Gasteiger partial charge is 0.480 e. The summed E-state index contributed by atoms with van der Waals surface area (Å²) in [4.78, 5) is 52.4. The lowest BCUT2D eigenvalue weighted by Gasteiger charge is -2.30. The summed E-state index contributed by atoms with van der Waals surface area (Å²) >= 11 is 1.55. The Morgan fingerprint density at radius 1 is 1.20 bits per heavy atom. The highest BCUT2D eigenvalue weighted by Crippen LogP contribution is 2.21. The van der Waals surface area contributed by atoms with Crippen LogP contribution in [0, 0.1) is 5.92 Å². The molecule has 9 nitrogen and oxygen atoms in total. The van der Waals surface area contributed by atoms with E-state index in [2.05, 4.69) is 10.6 Å². The topological polar surface area (TPSA) is 142 Å². The number of benzene rings is 1. The second-order valence-corrected chi connectivity index (χ2v) is 10.0. The molecule has 1 aliphatic rings. The number of nitrogens with two attached hydrogens (primary N) is 1. The van der Waals surface area contributed by atoms with Gasteiger partial charge in [0.05, 0.1) is 6.04 Å². The molecular weight excluding hydrogens is 468 g/mol. The van der Waals surface area contributed by atoms with Crippen LogP contribution < -0.4 is 16.4 Å². The third kappa shape index (κ3) is 8.24. The van der Waals surface area contributed by atoms with Crippen LogP contribution in [0.1, 0.15) is 45.1 Å². The van der Waals surface area contributed by atoms with Crippen LogP contribution in [0.5, 0.6) is 0 Å². The fourth-order valence-electron chi connectivity index (χ4n) is 4.17. The van der Waals surface area contributed by atoms with Crippen molar-refractivity contribution in [2.75, 3.05) is 18.6 Å². The van der Waals surface area contributed by atoms with E-state index in [-0.39, 0.29) is 11.8 Å². The third-order valence-electron chi connectivity index (χ3n) is 6.48. The van der Waals surface area contributed by atoms with Gasteiger partial charge in [-0.2, -0.15) is 11.8 Å². The summed E-state index contributed by atoms with van der Waals surface area (Å²) in [6.45, 7) is 4.00. The molecule has 5 N–H and O–H groups in total. The smallest absolute Gasteiger partial charge is 0.326 e. The second kappa shape index (κ2) is 14.1. The lowest BCUT2D eigenvalue weighted by atomic mass is 9.98. The van der Waals surface area contributed by atoms with Crippen LogP contribution in [0.4, 0.5) is 0 Å². The number of carbonyl (C=O) groups excluding carboxylic acids is 3. The molecule has 1 fully saturated rings. The van der Waals surface area contributed by atoms with E-state index >= 15 is 0 Å². The number of carbonyl (C=O) groups is 4. The Morgan fingerprint density at radius 3 is 2.49 bits per heavy atom. The second-order valence-electron chi connectivity index (χ2n) is 9.04. The molecule has 194 valence electrons. The minimum Gasteiger partial charge on any atom is -0.480 e. The van der Waals surface area contributed by atoms with Crippen LogP contribution in [-0.2, 0) is 25.6 Å². The number of hydrogen-bond acceptors (Lipinski definition) is 6. The lowest BCUT2D eigenvalue weighted by Crippen LogP contribution is -2.57. The van der Waals surface area contributed by atoms with Crippen molar-refractivity contribution in [2.45, 2.75) is 70.1 Å². The fraction of sp³-hybridized carbons (Fsp3) is 0.600. The van der Waals surface area contributed by atoms with Gasteiger partial charge in [0.25, 0.3) is 0 Å². The zero-order chi connectivity index (χ0) is 26.0. The maximum absolute atomic E-state index is 13.5. The average molecular weight is 507 g/mol. The van der Waals surface area contributed by atoms with Gasteiger partial charge in [-0.05, 0) is 49.2 Å². The maximum Gasteiger partial charge on any atom is 0.326 e. The molecular formula is C25H38N4O5S. The van der Waals surface area contributed by atoms with E-state index < -0.39 is 42.0 Å². The number of rotatable bonds is 13. The van der Waals surface area contributed by atoms with Crippen LogP contribution in [0.3, 0.4) is 0 Å². The summed E-state index contributed by atoms with van der Waals surface area (Å²) < 4.78 is 0. The molecule has 1 aromatic carbocycles. The van der Waals surface area contributed by atoms with Gasteiger partial charge in [-0.15, -0.1) is 0 Å². The normalized spacial score (nSPS) is 18.9. The van der Waals surface area contributed by atoms with Crippen molar-refractivity contribution in [1.82, 2.24) is 15.5 Å². The Balaban J connectivity index is 2.10. The van der Waals surface area contributed by atoms with Crippen molar-refractivity contribution in [3.8, 4) is 0 Å². The van der Waals surface area contributed by atoms with Crippen LogP contribution in [0.2, 0.25) is 0 Å². The number of likely N-dealkylation sites (tertiary alicyclic amines) is 1. The maximum atomic E-state index is 13.5. The van der Waals surface area contributed by atoms with Crippen molar-refractivity contribution in [2.24, 2.45) is 11.7 Å². The molecule has 0 bridgehead atoms. The van der Waals surface area contributed by atoms with Gasteiger partial charge in [0.1, 0.15) is 18.1 Å². The van der Waals surface area contributed by atoms with Crippen molar-refractivity contribution in [3.05, 3.63) is 35.9 Å². The molecule has 5 atom stereocenters. The molecule has 35 heavy (non-hydrogen) atoms. The van der Waals surface area contributed by atoms with E-state index in [0.29, 0.717) is 44.4 Å². The van der Waals surface area contributed by atoms with Crippen LogP contribution >= 0.6 is 11.8 Å². The van der Waals surface area contributed by atoms with Gasteiger partial charge in [-0.3, -0.25) is 14.4 Å². The first-order valence-corrected chi connectivity index (χ1v) is 13.5. The first-order chi connectivity index (χ1) is 16.7. The highest BCUT2D eigenvalue weighted by Gasteiger charge is 2.39. The molecule has 0 spiro atoms. The monoisotopic (exact) mass is 506 g/mol. The molecule has 0 aromatic heterocycles. The molecule has 0 saturated carbocycles. The summed E-state index contributed by atoms with van der Waals surface area (Å²) in [5.74, 6) is -1.93. The SMILES string of the molecule is CCC(C)C(NC(=O)C1CCCN1C(=O)C(CCSC)NC(=O)C(N)Cc1ccccc1)C(=O)O. The Kier molecular flexibility index (Phi) is 11.5. The van der Waals surface area contributed by atoms with Gasteiger partial charge in [0.15, 0.2) is 0 Å². The zero-order valence-corrected chi connectivity index (χ0v) is 21.6. The molecule has 1 heterocycles. The van der Waals surface area contributed by atoms with Gasteiger partial charge in [0, 0.05) is 6.54 Å². The van der Waals surface area contributed by atoms with Gasteiger partial charge in [-0.25, -0.2) is 4.79 Å².